The van der Waals surface area contributed by atoms with E-state index in [4.69, 9.17) is 23.7 Å². The van der Waals surface area contributed by atoms with Crippen molar-refractivity contribution in [2.75, 3.05) is 13.2 Å². The minimum atomic E-state index is -1.13. The Morgan fingerprint density at radius 3 is 2.07 bits per heavy atom. The van der Waals surface area contributed by atoms with Crippen LogP contribution in [0.1, 0.15) is 27.7 Å². The Hall–Kier alpha value is -2.46. The molecule has 0 aromatic heterocycles. The molecule has 0 aromatic rings. The third kappa shape index (κ3) is 7.35. The molecule has 10 heteroatoms. The van der Waals surface area contributed by atoms with Crippen molar-refractivity contribution in [2.45, 2.75) is 58.3 Å². The van der Waals surface area contributed by atoms with Crippen LogP contribution >= 0.6 is 0 Å². The van der Waals surface area contributed by atoms with Crippen LogP contribution in [0.2, 0.25) is 0 Å². The zero-order valence-electron chi connectivity index (χ0n) is 15.8. The van der Waals surface area contributed by atoms with E-state index in [9.17, 15) is 19.2 Å². The molecule has 1 saturated heterocycles. The molecule has 27 heavy (non-hydrogen) atoms. The lowest BCUT2D eigenvalue weighted by Gasteiger charge is -2.44. The second-order valence-electron chi connectivity index (χ2n) is 5.84. The van der Waals surface area contributed by atoms with Gasteiger partial charge in [-0.3, -0.25) is 19.2 Å². The van der Waals surface area contributed by atoms with Crippen LogP contribution in [-0.2, 0) is 42.9 Å². The zero-order valence-corrected chi connectivity index (χ0v) is 15.8. The fourth-order valence-electron chi connectivity index (χ4n) is 2.60. The summed E-state index contributed by atoms with van der Waals surface area (Å²) in [6.45, 7) is 8.16. The first-order valence-electron chi connectivity index (χ1n) is 8.28. The number of carbonyl (C=O) groups is 4. The molecule has 0 spiro atoms. The van der Waals surface area contributed by atoms with Crippen molar-refractivity contribution in [3.8, 4) is 0 Å². The molecule has 1 aliphatic rings. The monoisotopic (exact) mass is 387 g/mol. The molecule has 1 amide bonds. The van der Waals surface area contributed by atoms with Gasteiger partial charge in [-0.25, -0.2) is 0 Å². The van der Waals surface area contributed by atoms with Crippen molar-refractivity contribution in [3.05, 3.63) is 12.7 Å². The molecule has 1 heterocycles. The van der Waals surface area contributed by atoms with Gasteiger partial charge in [-0.1, -0.05) is 6.08 Å². The standard InChI is InChI=1S/C17H25NO9/c1-6-7-23-17-14(18-9(2)19)16(26-12(5)22)15(25-11(4)21)13(27-17)8-24-10(3)20/h6,13-17H,1,7-8H2,2-5H3,(H,18,19)/t13-,14-,15+,16+,17+/m0/s1. The van der Waals surface area contributed by atoms with Crippen LogP contribution in [0.5, 0.6) is 0 Å². The van der Waals surface area contributed by atoms with E-state index < -0.39 is 54.5 Å². The third-order valence-electron chi connectivity index (χ3n) is 3.45. The molecule has 0 aliphatic carbocycles. The van der Waals surface area contributed by atoms with Gasteiger partial charge in [-0.05, 0) is 0 Å². The minimum Gasteiger partial charge on any atom is -0.463 e. The van der Waals surface area contributed by atoms with E-state index in [-0.39, 0.29) is 13.2 Å². The normalized spacial score (nSPS) is 27.2. The van der Waals surface area contributed by atoms with Gasteiger partial charge in [-0.15, -0.1) is 6.58 Å². The molecule has 5 atom stereocenters. The number of esters is 3. The number of amides is 1. The van der Waals surface area contributed by atoms with E-state index in [2.05, 4.69) is 11.9 Å². The number of hydrogen-bond acceptors (Lipinski definition) is 9. The number of carbonyl (C=O) groups excluding carboxylic acids is 4. The van der Waals surface area contributed by atoms with Crippen molar-refractivity contribution in [3.63, 3.8) is 0 Å². The number of ether oxygens (including phenoxy) is 5. The summed E-state index contributed by atoms with van der Waals surface area (Å²) in [5.41, 5.74) is 0. The Kier molecular flexibility index (Phi) is 8.89. The summed E-state index contributed by atoms with van der Waals surface area (Å²) in [6, 6.07) is -0.968. The molecule has 1 rings (SSSR count). The third-order valence-corrected chi connectivity index (χ3v) is 3.45. The van der Waals surface area contributed by atoms with Gasteiger partial charge in [-0.2, -0.15) is 0 Å². The van der Waals surface area contributed by atoms with Crippen molar-refractivity contribution in [1.29, 1.82) is 0 Å². The van der Waals surface area contributed by atoms with Crippen molar-refractivity contribution < 1.29 is 42.9 Å². The van der Waals surface area contributed by atoms with Crippen LogP contribution in [-0.4, -0.2) is 67.7 Å². The molecule has 0 bridgehead atoms. The maximum absolute atomic E-state index is 11.6. The summed E-state index contributed by atoms with van der Waals surface area (Å²) in [7, 11) is 0. The Morgan fingerprint density at radius 2 is 1.59 bits per heavy atom. The molecule has 1 N–H and O–H groups in total. The Morgan fingerprint density at radius 1 is 1.00 bits per heavy atom. The van der Waals surface area contributed by atoms with E-state index in [0.717, 1.165) is 0 Å². The van der Waals surface area contributed by atoms with Gasteiger partial charge < -0.3 is 29.0 Å². The van der Waals surface area contributed by atoms with Crippen LogP contribution in [0.4, 0.5) is 0 Å². The van der Waals surface area contributed by atoms with Gasteiger partial charge in [0.05, 0.1) is 6.61 Å². The molecule has 10 nitrogen and oxygen atoms in total. The van der Waals surface area contributed by atoms with E-state index in [1.54, 1.807) is 0 Å². The quantitative estimate of drug-likeness (QED) is 0.343. The fraction of sp³-hybridized carbons (Fsp3) is 0.647. The van der Waals surface area contributed by atoms with E-state index in [0.29, 0.717) is 0 Å². The Bertz CT molecular complexity index is 577. The summed E-state index contributed by atoms with van der Waals surface area (Å²) < 4.78 is 26.8. The molecule has 1 aliphatic heterocycles. The summed E-state index contributed by atoms with van der Waals surface area (Å²) in [6.07, 6.45) is -2.84. The Labute approximate surface area is 157 Å². The minimum absolute atomic E-state index is 0.0755. The molecule has 0 radical (unpaired) electrons. The molecule has 152 valence electrons. The first-order chi connectivity index (χ1) is 12.6. The number of rotatable bonds is 8. The fourth-order valence-corrected chi connectivity index (χ4v) is 2.60. The summed E-state index contributed by atoms with van der Waals surface area (Å²) >= 11 is 0. The summed E-state index contributed by atoms with van der Waals surface area (Å²) in [5, 5.41) is 2.59. The topological polar surface area (TPSA) is 126 Å². The second-order valence-corrected chi connectivity index (χ2v) is 5.84. The predicted molar refractivity (Wildman–Crippen MR) is 90.2 cm³/mol. The first kappa shape index (κ1) is 22.6. The van der Waals surface area contributed by atoms with Crippen LogP contribution < -0.4 is 5.32 Å². The summed E-state index contributed by atoms with van der Waals surface area (Å²) in [5.74, 6) is -2.34. The maximum atomic E-state index is 11.6. The van der Waals surface area contributed by atoms with Crippen molar-refractivity contribution >= 4 is 23.8 Å². The number of hydrogen-bond donors (Lipinski definition) is 1. The molecular formula is C17H25NO9. The predicted octanol–water partition coefficient (Wildman–Crippen LogP) is -0.155. The van der Waals surface area contributed by atoms with Gasteiger partial charge in [0.25, 0.3) is 0 Å². The lowest BCUT2D eigenvalue weighted by atomic mass is 9.96. The van der Waals surface area contributed by atoms with Gasteiger partial charge in [0.1, 0.15) is 18.8 Å². The molecule has 0 unspecified atom stereocenters. The van der Waals surface area contributed by atoms with Gasteiger partial charge in [0.15, 0.2) is 18.5 Å². The van der Waals surface area contributed by atoms with Crippen molar-refractivity contribution in [1.82, 2.24) is 5.32 Å². The highest BCUT2D eigenvalue weighted by molar-refractivity contribution is 5.73. The van der Waals surface area contributed by atoms with Crippen LogP contribution in [0.15, 0.2) is 12.7 Å². The molecule has 0 saturated carbocycles. The van der Waals surface area contributed by atoms with Crippen LogP contribution in [0.3, 0.4) is 0 Å². The molecular weight excluding hydrogens is 362 g/mol. The van der Waals surface area contributed by atoms with E-state index in [1.807, 2.05) is 0 Å². The number of nitrogens with one attached hydrogen (secondary N) is 1. The lowest BCUT2D eigenvalue weighted by Crippen LogP contribution is -2.66. The SMILES string of the molecule is C=CCO[C@@H]1O[C@@H](COC(C)=O)[C@@H](OC(C)=O)[C@H](OC(C)=O)[C@@H]1NC(C)=O. The van der Waals surface area contributed by atoms with Gasteiger partial charge in [0.2, 0.25) is 5.91 Å². The largest absolute Gasteiger partial charge is 0.463 e. The second kappa shape index (κ2) is 10.6. The highest BCUT2D eigenvalue weighted by atomic mass is 16.7. The van der Waals surface area contributed by atoms with E-state index in [1.165, 1.54) is 33.8 Å². The zero-order chi connectivity index (χ0) is 20.6. The highest BCUT2D eigenvalue weighted by Gasteiger charge is 2.51. The first-order valence-corrected chi connectivity index (χ1v) is 8.28. The average molecular weight is 387 g/mol. The van der Waals surface area contributed by atoms with Crippen LogP contribution in [0, 0.1) is 0 Å². The molecule has 1 fully saturated rings. The average Bonchev–Trinajstić information content (AvgIpc) is 2.54. The van der Waals surface area contributed by atoms with Crippen LogP contribution in [0.25, 0.3) is 0 Å². The lowest BCUT2D eigenvalue weighted by molar-refractivity contribution is -0.275. The molecule has 0 aromatic carbocycles. The van der Waals surface area contributed by atoms with Gasteiger partial charge in [0, 0.05) is 27.7 Å². The highest BCUT2D eigenvalue weighted by Crippen LogP contribution is 2.27. The Balaban J connectivity index is 3.24. The maximum Gasteiger partial charge on any atom is 0.303 e. The van der Waals surface area contributed by atoms with E-state index >= 15 is 0 Å². The smallest absolute Gasteiger partial charge is 0.303 e. The summed E-state index contributed by atoms with van der Waals surface area (Å²) in [4.78, 5) is 46.0. The van der Waals surface area contributed by atoms with Gasteiger partial charge >= 0.3 is 17.9 Å². The van der Waals surface area contributed by atoms with Crippen molar-refractivity contribution in [2.24, 2.45) is 0 Å².